The molecule has 35 heavy (non-hydrogen) atoms. The van der Waals surface area contributed by atoms with Crippen LogP contribution < -0.4 is 0 Å². The zero-order chi connectivity index (χ0) is 25.0. The molecule has 1 saturated carbocycles. The van der Waals surface area contributed by atoms with Crippen molar-refractivity contribution in [1.82, 2.24) is 14.7 Å². The van der Waals surface area contributed by atoms with Crippen LogP contribution in [0.4, 0.5) is 17.6 Å². The highest BCUT2D eigenvalue weighted by molar-refractivity contribution is 5.84. The van der Waals surface area contributed by atoms with Gasteiger partial charge < -0.3 is 4.90 Å². The summed E-state index contributed by atoms with van der Waals surface area (Å²) in [5, 5.41) is 0. The van der Waals surface area contributed by atoms with Crippen LogP contribution in [0.15, 0.2) is 65.7 Å². The lowest BCUT2D eigenvalue weighted by molar-refractivity contribution is -0.134. The number of hydrogen-bond donors (Lipinski definition) is 0. The number of piperazine rings is 1. The molecule has 1 aromatic rings. The average Bonchev–Trinajstić information content (AvgIpc) is 2.85. The van der Waals surface area contributed by atoms with Crippen LogP contribution >= 0.6 is 0 Å². The van der Waals surface area contributed by atoms with Gasteiger partial charge in [0.25, 0.3) is 0 Å². The van der Waals surface area contributed by atoms with Gasteiger partial charge in [-0.15, -0.1) is 0 Å². The van der Waals surface area contributed by atoms with E-state index in [4.69, 9.17) is 0 Å². The highest BCUT2D eigenvalue weighted by Crippen LogP contribution is 2.34. The molecule has 1 unspecified atom stereocenters. The van der Waals surface area contributed by atoms with Crippen LogP contribution in [0.2, 0.25) is 0 Å². The molecule has 1 heterocycles. The summed E-state index contributed by atoms with van der Waals surface area (Å²) in [4.78, 5) is 19.6. The summed E-state index contributed by atoms with van der Waals surface area (Å²) in [5.74, 6) is -1.11. The SMILES string of the molecule is CN(/C=C1/C=C(C(F)(F)F)C=C(F)C1)C(=O)C(c1ccccc1)N1CCN(C2CCCCC2)CC1. The van der Waals surface area contributed by atoms with Crippen molar-refractivity contribution in [3.8, 4) is 0 Å². The molecule has 1 amide bonds. The standard InChI is InChI=1S/C27H33F4N3O/c1-32(19-20-16-22(27(29,30)31)18-23(28)17-20)26(35)25(21-8-4-2-5-9-21)34-14-12-33(13-15-34)24-10-6-3-7-11-24/h2,4-5,8-9,16,18-19,24-25H,3,6-7,10-15,17H2,1H3/b20-19-. The number of alkyl halides is 3. The second-order valence-corrected chi connectivity index (χ2v) is 9.70. The molecule has 1 atom stereocenters. The van der Waals surface area contributed by atoms with E-state index in [2.05, 4.69) is 9.80 Å². The molecule has 2 aliphatic carbocycles. The zero-order valence-corrected chi connectivity index (χ0v) is 20.1. The van der Waals surface area contributed by atoms with Crippen molar-refractivity contribution in [2.45, 2.75) is 56.8 Å². The lowest BCUT2D eigenvalue weighted by Crippen LogP contribution is -2.53. The number of rotatable bonds is 5. The van der Waals surface area contributed by atoms with Gasteiger partial charge in [-0.1, -0.05) is 49.6 Å². The number of hydrogen-bond acceptors (Lipinski definition) is 3. The van der Waals surface area contributed by atoms with Crippen LogP contribution in [0.5, 0.6) is 0 Å². The predicted molar refractivity (Wildman–Crippen MR) is 128 cm³/mol. The second-order valence-electron chi connectivity index (χ2n) is 9.70. The van der Waals surface area contributed by atoms with Crippen LogP contribution in [0.25, 0.3) is 0 Å². The van der Waals surface area contributed by atoms with Crippen molar-refractivity contribution in [3.05, 3.63) is 71.2 Å². The van der Waals surface area contributed by atoms with Crippen LogP contribution in [-0.2, 0) is 4.79 Å². The molecule has 0 bridgehead atoms. The van der Waals surface area contributed by atoms with Gasteiger partial charge in [0, 0.05) is 51.9 Å². The Bertz CT molecular complexity index is 972. The second kappa shape index (κ2) is 11.1. The molecule has 4 nitrogen and oxygen atoms in total. The highest BCUT2D eigenvalue weighted by atomic mass is 19.4. The molecule has 2 fully saturated rings. The number of likely N-dealkylation sites (N-methyl/N-ethyl adjacent to an activating group) is 1. The molecule has 1 aromatic carbocycles. The number of carbonyl (C=O) groups is 1. The molecule has 0 N–H and O–H groups in total. The normalized spacial score (nSPS) is 23.1. The van der Waals surface area contributed by atoms with E-state index in [-0.39, 0.29) is 17.9 Å². The van der Waals surface area contributed by atoms with Crippen LogP contribution in [0, 0.1) is 0 Å². The van der Waals surface area contributed by atoms with E-state index in [0.717, 1.165) is 37.8 Å². The van der Waals surface area contributed by atoms with Crippen molar-refractivity contribution in [2.24, 2.45) is 0 Å². The van der Waals surface area contributed by atoms with Crippen molar-refractivity contribution in [1.29, 1.82) is 0 Å². The number of nitrogens with zero attached hydrogens (tertiary/aromatic N) is 3. The molecule has 8 heteroatoms. The smallest absolute Gasteiger partial charge is 0.320 e. The quantitative estimate of drug-likeness (QED) is 0.490. The molecule has 0 spiro atoms. The van der Waals surface area contributed by atoms with Crippen molar-refractivity contribution in [3.63, 3.8) is 0 Å². The first-order valence-electron chi connectivity index (χ1n) is 12.4. The third-order valence-corrected chi connectivity index (χ3v) is 7.21. The minimum atomic E-state index is -4.65. The molecule has 4 rings (SSSR count). The van der Waals surface area contributed by atoms with Crippen LogP contribution in [-0.4, -0.2) is 66.1 Å². The Kier molecular flexibility index (Phi) is 8.12. The first-order valence-corrected chi connectivity index (χ1v) is 12.4. The molecule has 190 valence electrons. The Labute approximate surface area is 204 Å². The fraction of sp³-hybridized carbons (Fsp3) is 0.519. The number of allylic oxidation sites excluding steroid dienone is 5. The monoisotopic (exact) mass is 491 g/mol. The van der Waals surface area contributed by atoms with E-state index in [9.17, 15) is 22.4 Å². The van der Waals surface area contributed by atoms with Crippen LogP contribution in [0.3, 0.4) is 0 Å². The maximum absolute atomic E-state index is 13.9. The lowest BCUT2D eigenvalue weighted by Gasteiger charge is -2.43. The summed E-state index contributed by atoms with van der Waals surface area (Å²) in [7, 11) is 1.53. The number of carbonyl (C=O) groups excluding carboxylic acids is 1. The van der Waals surface area contributed by atoms with Crippen molar-refractivity contribution < 1.29 is 22.4 Å². The van der Waals surface area contributed by atoms with Gasteiger partial charge in [-0.2, -0.15) is 13.2 Å². The summed E-state index contributed by atoms with van der Waals surface area (Å²) in [6.07, 6.45) is 4.15. The molecule has 1 aliphatic heterocycles. The molecular weight excluding hydrogens is 458 g/mol. The largest absolute Gasteiger partial charge is 0.416 e. The lowest BCUT2D eigenvalue weighted by atomic mass is 9.93. The summed E-state index contributed by atoms with van der Waals surface area (Å²) in [6, 6.07) is 9.52. The van der Waals surface area contributed by atoms with E-state index >= 15 is 0 Å². The Hall–Kier alpha value is -2.45. The summed E-state index contributed by atoms with van der Waals surface area (Å²) < 4.78 is 53.4. The van der Waals surface area contributed by atoms with Gasteiger partial charge >= 0.3 is 6.18 Å². The first kappa shape index (κ1) is 25.6. The van der Waals surface area contributed by atoms with Gasteiger partial charge in [0.15, 0.2) is 0 Å². The third-order valence-electron chi connectivity index (χ3n) is 7.21. The Morgan fingerprint density at radius 1 is 1.03 bits per heavy atom. The first-order chi connectivity index (χ1) is 16.7. The molecular formula is C27H33F4N3O. The van der Waals surface area contributed by atoms with E-state index in [1.54, 1.807) is 0 Å². The third kappa shape index (κ3) is 6.41. The predicted octanol–water partition coefficient (Wildman–Crippen LogP) is 5.77. The minimum absolute atomic E-state index is 0.113. The average molecular weight is 492 g/mol. The van der Waals surface area contributed by atoms with E-state index in [1.807, 2.05) is 30.3 Å². The minimum Gasteiger partial charge on any atom is -0.320 e. The molecule has 1 saturated heterocycles. The molecule has 0 radical (unpaired) electrons. The zero-order valence-electron chi connectivity index (χ0n) is 20.1. The summed E-state index contributed by atoms with van der Waals surface area (Å²) in [5.41, 5.74) is -0.0935. The van der Waals surface area contributed by atoms with Crippen molar-refractivity contribution >= 4 is 5.91 Å². The highest BCUT2D eigenvalue weighted by Gasteiger charge is 2.36. The van der Waals surface area contributed by atoms with Gasteiger partial charge in [0.2, 0.25) is 5.91 Å². The maximum atomic E-state index is 13.9. The topological polar surface area (TPSA) is 26.8 Å². The summed E-state index contributed by atoms with van der Waals surface area (Å²) >= 11 is 0. The van der Waals surface area contributed by atoms with Gasteiger partial charge in [-0.05, 0) is 36.1 Å². The van der Waals surface area contributed by atoms with E-state index in [0.29, 0.717) is 12.1 Å². The molecule has 3 aliphatic rings. The van der Waals surface area contributed by atoms with Crippen molar-refractivity contribution in [2.75, 3.05) is 33.2 Å². The maximum Gasteiger partial charge on any atom is 0.416 e. The number of halogens is 4. The Morgan fingerprint density at radius 3 is 2.31 bits per heavy atom. The van der Waals surface area contributed by atoms with Crippen LogP contribution in [0.1, 0.15) is 50.1 Å². The number of amides is 1. The fourth-order valence-electron chi connectivity index (χ4n) is 5.41. The fourth-order valence-corrected chi connectivity index (χ4v) is 5.41. The van der Waals surface area contributed by atoms with E-state index in [1.165, 1.54) is 50.3 Å². The van der Waals surface area contributed by atoms with Gasteiger partial charge in [-0.25, -0.2) is 4.39 Å². The molecule has 0 aromatic heterocycles. The number of benzene rings is 1. The van der Waals surface area contributed by atoms with E-state index < -0.39 is 23.6 Å². The van der Waals surface area contributed by atoms with Gasteiger partial charge in [-0.3, -0.25) is 14.6 Å². The Morgan fingerprint density at radius 2 is 1.69 bits per heavy atom. The summed E-state index contributed by atoms with van der Waals surface area (Å²) in [6.45, 7) is 3.25. The Balaban J connectivity index is 1.51. The van der Waals surface area contributed by atoms with Gasteiger partial charge in [0.05, 0.1) is 5.57 Å². The van der Waals surface area contributed by atoms with Gasteiger partial charge in [0.1, 0.15) is 11.9 Å².